The van der Waals surface area contributed by atoms with Gasteiger partial charge in [-0.1, -0.05) is 23.7 Å². The highest BCUT2D eigenvalue weighted by molar-refractivity contribution is 6.35. The average Bonchev–Trinajstić information content (AvgIpc) is 3.44. The zero-order chi connectivity index (χ0) is 31.0. The fourth-order valence-electron chi connectivity index (χ4n) is 5.74. The van der Waals surface area contributed by atoms with E-state index in [9.17, 15) is 23.1 Å². The molecule has 1 N–H and O–H groups in total. The lowest BCUT2D eigenvalue weighted by atomic mass is 9.98. The van der Waals surface area contributed by atoms with Gasteiger partial charge in [0.1, 0.15) is 23.0 Å². The summed E-state index contributed by atoms with van der Waals surface area (Å²) in [5.41, 5.74) is 2.24. The second-order valence-corrected chi connectivity index (χ2v) is 10.7. The molecule has 0 bridgehead atoms. The minimum absolute atomic E-state index is 0.0317. The number of esters is 1. The van der Waals surface area contributed by atoms with Gasteiger partial charge in [0.15, 0.2) is 0 Å². The first kappa shape index (κ1) is 30.4. The van der Waals surface area contributed by atoms with Gasteiger partial charge in [0, 0.05) is 36.0 Å². The highest BCUT2D eigenvalue weighted by Crippen LogP contribution is 2.44. The van der Waals surface area contributed by atoms with E-state index < -0.39 is 24.7 Å². The van der Waals surface area contributed by atoms with Crippen LogP contribution < -0.4 is 4.74 Å². The molecule has 5 aromatic rings. The van der Waals surface area contributed by atoms with Gasteiger partial charge in [-0.25, -0.2) is 18.0 Å². The number of hydrogen-bond donors (Lipinski definition) is 1. The van der Waals surface area contributed by atoms with Gasteiger partial charge in [0.2, 0.25) is 0 Å². The number of fused-ring (bicyclic) bond motifs is 2. The molecular formula is C32H31ClF3N3O4. The van der Waals surface area contributed by atoms with Crippen LogP contribution in [0.1, 0.15) is 52.8 Å². The number of alkyl halides is 2. The third kappa shape index (κ3) is 5.57. The van der Waals surface area contributed by atoms with E-state index >= 15 is 0 Å². The molecule has 0 amide bonds. The van der Waals surface area contributed by atoms with Crippen molar-refractivity contribution in [2.45, 2.75) is 39.7 Å². The number of carbonyl (C=O) groups excluding carboxylic acids is 1. The highest BCUT2D eigenvalue weighted by atomic mass is 35.5. The van der Waals surface area contributed by atoms with Gasteiger partial charge in [-0.3, -0.25) is 4.68 Å². The van der Waals surface area contributed by atoms with Crippen LogP contribution in [0.25, 0.3) is 32.8 Å². The van der Waals surface area contributed by atoms with Crippen molar-refractivity contribution in [1.29, 1.82) is 0 Å². The Labute approximate surface area is 251 Å². The molecule has 0 atom stereocenters. The average molecular weight is 614 g/mol. The summed E-state index contributed by atoms with van der Waals surface area (Å²) >= 11 is 6.66. The van der Waals surface area contributed by atoms with E-state index in [0.717, 1.165) is 16.3 Å². The summed E-state index contributed by atoms with van der Waals surface area (Å²) < 4.78 is 56.5. The molecule has 2 heterocycles. The molecule has 43 heavy (non-hydrogen) atoms. The van der Waals surface area contributed by atoms with Crippen molar-refractivity contribution in [3.8, 4) is 16.9 Å². The van der Waals surface area contributed by atoms with Crippen LogP contribution in [0.3, 0.4) is 0 Å². The number of carbonyl (C=O) groups is 1. The van der Waals surface area contributed by atoms with Gasteiger partial charge in [-0.05, 0) is 73.5 Å². The molecule has 5 rings (SSSR count). The molecule has 0 saturated heterocycles. The molecular weight excluding hydrogens is 583 g/mol. The summed E-state index contributed by atoms with van der Waals surface area (Å²) in [5, 5.41) is 16.4. The van der Waals surface area contributed by atoms with E-state index in [1.807, 2.05) is 19.1 Å². The third-order valence-corrected chi connectivity index (χ3v) is 7.84. The quantitative estimate of drug-likeness (QED) is 0.131. The van der Waals surface area contributed by atoms with E-state index in [1.165, 1.54) is 23.9 Å². The molecule has 0 fully saturated rings. The largest absolute Gasteiger partial charge is 0.493 e. The van der Waals surface area contributed by atoms with Gasteiger partial charge >= 0.3 is 5.97 Å². The predicted molar refractivity (Wildman–Crippen MR) is 159 cm³/mol. The number of aromatic nitrogens is 3. The molecule has 0 saturated carbocycles. The number of rotatable bonds is 10. The predicted octanol–water partition coefficient (Wildman–Crippen LogP) is 7.45. The zero-order valence-electron chi connectivity index (χ0n) is 24.2. The molecule has 11 heteroatoms. The van der Waals surface area contributed by atoms with Crippen LogP contribution in [-0.4, -0.2) is 38.6 Å². The Hall–Kier alpha value is -4.02. The lowest BCUT2D eigenvalue weighted by Crippen LogP contribution is -2.13. The Morgan fingerprint density at radius 3 is 2.53 bits per heavy atom. The van der Waals surface area contributed by atoms with Crippen LogP contribution in [0.15, 0.2) is 42.5 Å². The fourth-order valence-corrected chi connectivity index (χ4v) is 5.99. The van der Waals surface area contributed by atoms with Crippen LogP contribution in [0, 0.1) is 12.7 Å². The molecule has 0 spiro atoms. The Balaban J connectivity index is 1.57. The Morgan fingerprint density at radius 1 is 1.09 bits per heavy atom. The summed E-state index contributed by atoms with van der Waals surface area (Å²) in [4.78, 5) is 13.2. The van der Waals surface area contributed by atoms with E-state index in [4.69, 9.17) is 21.1 Å². The van der Waals surface area contributed by atoms with Crippen LogP contribution in [0.4, 0.5) is 13.2 Å². The summed E-state index contributed by atoms with van der Waals surface area (Å²) in [6.07, 6.45) is -2.03. The standard InChI is InChI=1S/C32H31ClF3N3O4/c1-5-42-32(41)30-21(7-6-12-43-25-14-17(2)13-18-15-19(34)8-9-20(18)25)22-10-11-23(33)26(29(22)38(30)3)27-24(16-40)39(4)37-28(27)31(35)36/h8-11,13-15,31,40H,5-7,12,16H2,1-4H3. The minimum Gasteiger partial charge on any atom is -0.493 e. The van der Waals surface area contributed by atoms with Crippen molar-refractivity contribution in [3.05, 3.63) is 81.5 Å². The van der Waals surface area contributed by atoms with Crippen LogP contribution in [-0.2, 0) is 31.9 Å². The van der Waals surface area contributed by atoms with Gasteiger partial charge in [-0.2, -0.15) is 5.10 Å². The summed E-state index contributed by atoms with van der Waals surface area (Å²) in [6, 6.07) is 11.7. The van der Waals surface area contributed by atoms with E-state index in [1.54, 1.807) is 36.7 Å². The fraction of sp³-hybridized carbons (Fsp3) is 0.312. The SMILES string of the molecule is CCOC(=O)c1c(CCCOc2cc(C)cc3cc(F)ccc23)c2ccc(Cl)c(-c3c(C(F)F)nn(C)c3CO)c2n1C. The molecule has 0 unspecified atom stereocenters. The summed E-state index contributed by atoms with van der Waals surface area (Å²) in [7, 11) is 3.13. The number of nitrogens with zero attached hydrogens (tertiary/aromatic N) is 3. The first-order valence-corrected chi connectivity index (χ1v) is 14.2. The lowest BCUT2D eigenvalue weighted by Gasteiger charge is -2.12. The van der Waals surface area contributed by atoms with Crippen molar-refractivity contribution in [2.75, 3.05) is 13.2 Å². The molecule has 0 aliphatic heterocycles. The number of halogens is 4. The van der Waals surface area contributed by atoms with Gasteiger partial charge in [0.05, 0.1) is 36.1 Å². The first-order chi connectivity index (χ1) is 20.6. The Kier molecular flexibility index (Phi) is 8.71. The lowest BCUT2D eigenvalue weighted by molar-refractivity contribution is 0.0514. The maximum absolute atomic E-state index is 14.2. The van der Waals surface area contributed by atoms with Gasteiger partial charge in [-0.15, -0.1) is 0 Å². The Morgan fingerprint density at radius 2 is 1.84 bits per heavy atom. The summed E-state index contributed by atoms with van der Waals surface area (Å²) in [5.74, 6) is -0.266. The van der Waals surface area contributed by atoms with Crippen molar-refractivity contribution >= 4 is 39.2 Å². The summed E-state index contributed by atoms with van der Waals surface area (Å²) in [6.45, 7) is 3.50. The van der Waals surface area contributed by atoms with E-state index in [0.29, 0.717) is 41.7 Å². The van der Waals surface area contributed by atoms with Gasteiger partial charge in [0.25, 0.3) is 6.43 Å². The molecule has 0 radical (unpaired) electrons. The Bertz CT molecular complexity index is 1840. The van der Waals surface area contributed by atoms with Crippen molar-refractivity contribution in [2.24, 2.45) is 14.1 Å². The van der Waals surface area contributed by atoms with Crippen LogP contribution in [0.5, 0.6) is 5.75 Å². The van der Waals surface area contributed by atoms with Crippen LogP contribution in [0.2, 0.25) is 5.02 Å². The van der Waals surface area contributed by atoms with E-state index in [2.05, 4.69) is 5.10 Å². The number of aliphatic hydroxyl groups excluding tert-OH is 1. The monoisotopic (exact) mass is 613 g/mol. The molecule has 0 aliphatic carbocycles. The van der Waals surface area contributed by atoms with Gasteiger partial charge < -0.3 is 19.1 Å². The number of ether oxygens (including phenoxy) is 2. The molecule has 226 valence electrons. The highest BCUT2D eigenvalue weighted by Gasteiger charge is 2.30. The number of benzene rings is 3. The molecule has 3 aromatic carbocycles. The second-order valence-electron chi connectivity index (χ2n) is 10.3. The maximum atomic E-state index is 14.2. The van der Waals surface area contributed by atoms with Crippen LogP contribution >= 0.6 is 11.6 Å². The zero-order valence-corrected chi connectivity index (χ0v) is 24.9. The number of aliphatic hydroxyl groups is 1. The molecule has 7 nitrogen and oxygen atoms in total. The number of aryl methyl sites for hydroxylation is 4. The third-order valence-electron chi connectivity index (χ3n) is 7.53. The molecule has 2 aromatic heterocycles. The second kappa shape index (κ2) is 12.3. The topological polar surface area (TPSA) is 78.5 Å². The normalized spacial score (nSPS) is 11.7. The maximum Gasteiger partial charge on any atom is 0.355 e. The van der Waals surface area contributed by atoms with Crippen molar-refractivity contribution < 1.29 is 32.5 Å². The van der Waals surface area contributed by atoms with E-state index in [-0.39, 0.29) is 40.0 Å². The first-order valence-electron chi connectivity index (χ1n) is 13.8. The minimum atomic E-state index is -2.93. The van der Waals surface area contributed by atoms with Crippen molar-refractivity contribution in [3.63, 3.8) is 0 Å². The van der Waals surface area contributed by atoms with Crippen molar-refractivity contribution in [1.82, 2.24) is 14.3 Å². The molecule has 0 aliphatic rings. The smallest absolute Gasteiger partial charge is 0.355 e. The number of hydrogen-bond acceptors (Lipinski definition) is 5.